The number of hydrogen-bond donors (Lipinski definition) is 9. The lowest BCUT2D eigenvalue weighted by Crippen LogP contribution is -2.33. The molecular formula is C52H76F3N6O19P3S. The molecular weight excluding hydrogens is 1190 g/mol. The molecule has 14 atom stereocenters. The molecule has 470 valence electrons. The van der Waals surface area contributed by atoms with E-state index in [0.717, 1.165) is 42.9 Å². The first-order valence-corrected chi connectivity index (χ1v) is 35.9. The largest absolute Gasteiger partial charge is 0.523 e. The van der Waals surface area contributed by atoms with Crippen LogP contribution in [0.5, 0.6) is 0 Å². The van der Waals surface area contributed by atoms with Gasteiger partial charge in [0.05, 0.1) is 85.9 Å². The number of rotatable bonds is 19. The number of nitrogens with zero attached hydrogens (tertiary/aromatic N) is 3. The highest BCUT2D eigenvalue weighted by molar-refractivity contribution is 7.87. The Hall–Kier alpha value is -4.15. The van der Waals surface area contributed by atoms with Crippen molar-refractivity contribution in [3.8, 4) is 0 Å². The zero-order chi connectivity index (χ0) is 62.3. The lowest BCUT2D eigenvalue weighted by atomic mass is 9.93. The first-order valence-electron chi connectivity index (χ1n) is 27.2. The van der Waals surface area contributed by atoms with E-state index in [1.807, 2.05) is 25.2 Å². The SMILES string of the molecule is CCOP(C)(=O)CO[C@@H]1[C@@H](CO)C[C@@H](C2=CCc3c2nc[nH]c3=O)[C@@H]1O.CCOP(C)(=O)CO[C@@H]1[C@H](O)[C@@H](CO)C[C@H]1C1=CCc2c1nc[nH]c2=O.CC[C@H]1C[C@@H](C2=CCc3c2nc[nH]c3=O)[C@H](O)[C@@H]1O.CP(C)(=O)COS(=O)(=O)C(F)(F)F. The predicted octanol–water partition coefficient (Wildman–Crippen LogP) is 3.88. The van der Waals surface area contributed by atoms with Crippen LogP contribution >= 0.6 is 21.9 Å². The number of H-pyrrole nitrogens is 3. The van der Waals surface area contributed by atoms with Crippen molar-refractivity contribution in [3.63, 3.8) is 0 Å². The zero-order valence-corrected chi connectivity index (χ0v) is 51.0. The highest BCUT2D eigenvalue weighted by Gasteiger charge is 2.50. The average molecular weight is 1270 g/mol. The van der Waals surface area contributed by atoms with E-state index in [4.69, 9.17) is 18.5 Å². The summed E-state index contributed by atoms with van der Waals surface area (Å²) in [6.45, 7) is 11.1. The van der Waals surface area contributed by atoms with Crippen LogP contribution in [0.1, 0.15) is 80.2 Å². The number of aliphatic hydroxyl groups excluding tert-OH is 6. The molecule has 25 nitrogen and oxygen atoms in total. The third kappa shape index (κ3) is 16.5. The summed E-state index contributed by atoms with van der Waals surface area (Å²) in [7, 11) is -14.4. The Morgan fingerprint density at radius 2 is 0.964 bits per heavy atom. The first-order chi connectivity index (χ1) is 39.3. The topological polar surface area (TPSA) is 390 Å². The highest BCUT2D eigenvalue weighted by atomic mass is 32.2. The maximum atomic E-state index is 12.3. The van der Waals surface area contributed by atoms with Crippen LogP contribution in [0.3, 0.4) is 0 Å². The monoisotopic (exact) mass is 1270 g/mol. The van der Waals surface area contributed by atoms with Crippen molar-refractivity contribution >= 4 is 48.7 Å². The number of allylic oxidation sites excluding steroid dienone is 3. The molecule has 3 heterocycles. The van der Waals surface area contributed by atoms with Gasteiger partial charge < -0.3 is 68.7 Å². The van der Waals surface area contributed by atoms with Crippen LogP contribution in [-0.2, 0) is 65.8 Å². The summed E-state index contributed by atoms with van der Waals surface area (Å²) in [6.07, 6.45) is 8.36. The minimum atomic E-state index is -5.60. The second kappa shape index (κ2) is 28.8. The van der Waals surface area contributed by atoms with E-state index < -0.39 is 80.5 Å². The second-order valence-electron chi connectivity index (χ2n) is 21.9. The Kier molecular flexibility index (Phi) is 23.6. The number of halogens is 3. The van der Waals surface area contributed by atoms with Gasteiger partial charge in [-0.15, -0.1) is 0 Å². The third-order valence-electron chi connectivity index (χ3n) is 15.4. The van der Waals surface area contributed by atoms with E-state index in [1.165, 1.54) is 32.3 Å². The van der Waals surface area contributed by atoms with Gasteiger partial charge in [-0.2, -0.15) is 21.6 Å². The molecule has 0 bridgehead atoms. The second-order valence-corrected chi connectivity index (χ2v) is 32.0. The molecule has 9 N–H and O–H groups in total. The van der Waals surface area contributed by atoms with Crippen LogP contribution in [0.2, 0.25) is 0 Å². The van der Waals surface area contributed by atoms with Crippen molar-refractivity contribution in [1.29, 1.82) is 0 Å². The Morgan fingerprint density at radius 3 is 1.35 bits per heavy atom. The molecule has 9 rings (SSSR count). The van der Waals surface area contributed by atoms with Crippen LogP contribution in [0.25, 0.3) is 16.7 Å². The molecule has 3 fully saturated rings. The van der Waals surface area contributed by atoms with Gasteiger partial charge in [0.1, 0.15) is 26.2 Å². The van der Waals surface area contributed by atoms with E-state index in [0.29, 0.717) is 79.1 Å². The van der Waals surface area contributed by atoms with Gasteiger partial charge in [0.25, 0.3) is 16.7 Å². The van der Waals surface area contributed by atoms with Gasteiger partial charge in [-0.3, -0.25) is 27.7 Å². The van der Waals surface area contributed by atoms with E-state index >= 15 is 0 Å². The molecule has 0 aliphatic heterocycles. The van der Waals surface area contributed by atoms with Crippen molar-refractivity contribution in [2.45, 2.75) is 108 Å². The number of hydrogen-bond acceptors (Lipinski definition) is 22. The Balaban J connectivity index is 0.000000185. The molecule has 0 saturated heterocycles. The molecule has 0 radical (unpaired) electrons. The lowest BCUT2D eigenvalue weighted by molar-refractivity contribution is -0.0531. The number of alkyl halides is 3. The number of aromatic amines is 3. The molecule has 3 saturated carbocycles. The van der Waals surface area contributed by atoms with Crippen LogP contribution in [-0.4, -0.2) is 183 Å². The standard InChI is InChI=1S/2C17H25N2O6P.C14H18N2O3.C4H8F3O4PS/c1-3-25-26(2,23)9-24-16-10(7-20)6-13(15(16)21)11-4-5-12-14(11)18-8-19-17(12)22;1-3-25-26(2,23)9-24-16-13(6-10(7-20)15(16)21)11-4-5-12-14(11)18-8-19-17(12)22;1-2-7-5-10(13(18)12(7)17)8-3-4-9-11(8)15-6-16-14(9)19;1-12(2,8)3-11-13(9,10)4(5,6)7/h2*4,8,10,13,15-16,20-21H,3,5-7,9H2,1-2H3,(H,18,19,22);3,6-7,10,12-13,17-18H,2,4-5H2,1H3,(H,15,16,19);3H2,1-2H3/t10-,13+,15+,16-,26?;10-,13+,15-,16+,26?;7-,10-,12+,13-;/m110./s1. The lowest BCUT2D eigenvalue weighted by Gasteiger charge is -2.25. The number of aliphatic hydroxyl groups is 6. The summed E-state index contributed by atoms with van der Waals surface area (Å²) in [5, 5.41) is 60.9. The Labute approximate surface area is 483 Å². The van der Waals surface area contributed by atoms with E-state index in [1.54, 1.807) is 13.8 Å². The molecule has 0 aromatic carbocycles. The van der Waals surface area contributed by atoms with Crippen LogP contribution in [0.4, 0.5) is 13.2 Å². The zero-order valence-electron chi connectivity index (χ0n) is 47.5. The van der Waals surface area contributed by atoms with Crippen molar-refractivity contribution in [1.82, 2.24) is 29.9 Å². The maximum absolute atomic E-state index is 12.3. The molecule has 6 aliphatic rings. The summed E-state index contributed by atoms with van der Waals surface area (Å²) in [6, 6.07) is 0. The van der Waals surface area contributed by atoms with Crippen LogP contribution in [0, 0.1) is 35.5 Å². The maximum Gasteiger partial charge on any atom is 0.523 e. The predicted molar refractivity (Wildman–Crippen MR) is 303 cm³/mol. The average Bonchev–Trinajstić information content (AvgIpc) is 2.66. The van der Waals surface area contributed by atoms with Crippen molar-refractivity contribution in [2.24, 2.45) is 35.5 Å². The van der Waals surface area contributed by atoms with Gasteiger partial charge in [-0.05, 0) is 88.3 Å². The van der Waals surface area contributed by atoms with E-state index in [-0.39, 0.29) is 78.1 Å². The van der Waals surface area contributed by atoms with E-state index in [2.05, 4.69) is 34.1 Å². The third-order valence-corrected chi connectivity index (χ3v) is 20.2. The van der Waals surface area contributed by atoms with Crippen molar-refractivity contribution < 1.29 is 88.6 Å². The van der Waals surface area contributed by atoms with Gasteiger partial charge in [0, 0.05) is 72.8 Å². The fourth-order valence-corrected chi connectivity index (χ4v) is 15.1. The van der Waals surface area contributed by atoms with E-state index in [9.17, 15) is 80.3 Å². The highest BCUT2D eigenvalue weighted by Crippen LogP contribution is 2.50. The minimum absolute atomic E-state index is 0.111. The molecule has 3 aromatic heterocycles. The number of ether oxygens (including phenoxy) is 2. The van der Waals surface area contributed by atoms with Crippen molar-refractivity contribution in [2.75, 3.05) is 72.1 Å². The summed E-state index contributed by atoms with van der Waals surface area (Å²) < 4.78 is 116. The summed E-state index contributed by atoms with van der Waals surface area (Å²) >= 11 is 0. The van der Waals surface area contributed by atoms with Crippen molar-refractivity contribution in [3.05, 3.63) is 102 Å². The molecule has 0 amide bonds. The molecule has 3 aromatic rings. The molecule has 6 aliphatic carbocycles. The van der Waals surface area contributed by atoms with Gasteiger partial charge in [0.15, 0.2) is 0 Å². The number of nitrogens with one attached hydrogen (secondary N) is 3. The molecule has 32 heteroatoms. The van der Waals surface area contributed by atoms with Gasteiger partial charge in [0.2, 0.25) is 14.7 Å². The fourth-order valence-electron chi connectivity index (χ4n) is 11.3. The number of aromatic nitrogens is 6. The summed E-state index contributed by atoms with van der Waals surface area (Å²) in [5.74, 6) is -1.17. The smallest absolute Gasteiger partial charge is 0.396 e. The quantitative estimate of drug-likeness (QED) is 0.0467. The van der Waals surface area contributed by atoms with Gasteiger partial charge in [-0.25, -0.2) is 15.0 Å². The van der Waals surface area contributed by atoms with Gasteiger partial charge in [-0.1, -0.05) is 31.6 Å². The fraction of sp³-hybridized carbons (Fsp3) is 0.654. The molecule has 84 heavy (non-hydrogen) atoms. The summed E-state index contributed by atoms with van der Waals surface area (Å²) in [4.78, 5) is 56.1. The normalized spacial score (nSPS) is 28.4. The van der Waals surface area contributed by atoms with Crippen LogP contribution < -0.4 is 16.7 Å². The van der Waals surface area contributed by atoms with Gasteiger partial charge >= 0.3 is 15.6 Å². The Bertz CT molecular complexity index is 3340. The minimum Gasteiger partial charge on any atom is -0.396 e. The number of fused-ring (bicyclic) bond motifs is 3. The van der Waals surface area contributed by atoms with Crippen LogP contribution in [0.15, 0.2) is 51.6 Å². The molecule has 2 unspecified atom stereocenters. The summed E-state index contributed by atoms with van der Waals surface area (Å²) in [5.41, 5.74) is 0.412. The first kappa shape index (κ1) is 69.0. The Morgan fingerprint density at radius 1 is 0.571 bits per heavy atom. The molecule has 0 spiro atoms.